The standard InChI is InChI=1S/C11H19F3N2O/c1-8-4-3-5-9(15-8)10(17)16(2)7-6-11(12,13)14/h8-9,15H,3-7H2,1-2H3. The molecule has 1 fully saturated rings. The Kier molecular flexibility index (Phi) is 4.80. The highest BCUT2D eigenvalue weighted by Crippen LogP contribution is 2.20. The molecule has 0 aromatic heterocycles. The number of alkyl halides is 3. The van der Waals surface area contributed by atoms with Gasteiger partial charge in [0.2, 0.25) is 5.91 Å². The fourth-order valence-electron chi connectivity index (χ4n) is 2.00. The number of likely N-dealkylation sites (N-methyl/N-ethyl adjacent to an activating group) is 1. The van der Waals surface area contributed by atoms with E-state index >= 15 is 0 Å². The van der Waals surface area contributed by atoms with E-state index in [2.05, 4.69) is 5.32 Å². The van der Waals surface area contributed by atoms with Crippen LogP contribution in [0.3, 0.4) is 0 Å². The van der Waals surface area contributed by atoms with Crippen molar-refractivity contribution in [3.8, 4) is 0 Å². The van der Waals surface area contributed by atoms with Crippen LogP contribution in [0.25, 0.3) is 0 Å². The first kappa shape index (κ1) is 14.3. The molecule has 2 unspecified atom stereocenters. The van der Waals surface area contributed by atoms with E-state index in [4.69, 9.17) is 0 Å². The van der Waals surface area contributed by atoms with Crippen molar-refractivity contribution in [2.24, 2.45) is 0 Å². The third kappa shape index (κ3) is 4.93. The van der Waals surface area contributed by atoms with Crippen molar-refractivity contribution >= 4 is 5.91 Å². The highest BCUT2D eigenvalue weighted by atomic mass is 19.4. The maximum absolute atomic E-state index is 12.0. The molecule has 17 heavy (non-hydrogen) atoms. The van der Waals surface area contributed by atoms with Crippen LogP contribution in [-0.2, 0) is 4.79 Å². The van der Waals surface area contributed by atoms with Crippen molar-refractivity contribution < 1.29 is 18.0 Å². The molecule has 0 spiro atoms. The minimum absolute atomic E-state index is 0.235. The summed E-state index contributed by atoms with van der Waals surface area (Å²) in [5, 5.41) is 3.12. The second-order valence-electron chi connectivity index (χ2n) is 4.68. The van der Waals surface area contributed by atoms with Crippen LogP contribution in [0, 0.1) is 0 Å². The molecule has 2 atom stereocenters. The van der Waals surface area contributed by atoms with Gasteiger partial charge in [0.15, 0.2) is 0 Å². The predicted octanol–water partition coefficient (Wildman–Crippen LogP) is 1.93. The smallest absolute Gasteiger partial charge is 0.344 e. The van der Waals surface area contributed by atoms with E-state index in [1.54, 1.807) is 0 Å². The third-order valence-corrected chi connectivity index (χ3v) is 3.02. The molecule has 0 aromatic carbocycles. The summed E-state index contributed by atoms with van der Waals surface area (Å²) in [7, 11) is 1.43. The van der Waals surface area contributed by atoms with Gasteiger partial charge >= 0.3 is 6.18 Å². The minimum Gasteiger partial charge on any atom is -0.344 e. The Hall–Kier alpha value is -0.780. The Balaban J connectivity index is 2.40. The van der Waals surface area contributed by atoms with Crippen LogP contribution in [0.2, 0.25) is 0 Å². The largest absolute Gasteiger partial charge is 0.390 e. The van der Waals surface area contributed by atoms with Gasteiger partial charge in [-0.2, -0.15) is 13.2 Å². The molecule has 1 aliphatic rings. The van der Waals surface area contributed by atoms with Crippen LogP contribution in [0.4, 0.5) is 13.2 Å². The summed E-state index contributed by atoms with van der Waals surface area (Å²) in [4.78, 5) is 13.0. The fourth-order valence-corrected chi connectivity index (χ4v) is 2.00. The molecule has 0 aromatic rings. The number of carbonyl (C=O) groups excluding carboxylic acids is 1. The maximum atomic E-state index is 12.0. The molecular weight excluding hydrogens is 233 g/mol. The maximum Gasteiger partial charge on any atom is 0.390 e. The van der Waals surface area contributed by atoms with E-state index in [0.717, 1.165) is 12.8 Å². The Morgan fingerprint density at radius 3 is 2.59 bits per heavy atom. The summed E-state index contributed by atoms with van der Waals surface area (Å²) in [6.07, 6.45) is -2.49. The lowest BCUT2D eigenvalue weighted by Crippen LogP contribution is -2.50. The number of hydrogen-bond donors (Lipinski definition) is 1. The average molecular weight is 252 g/mol. The lowest BCUT2D eigenvalue weighted by atomic mass is 9.99. The van der Waals surface area contributed by atoms with Gasteiger partial charge < -0.3 is 10.2 Å². The molecule has 0 bridgehead atoms. The van der Waals surface area contributed by atoms with Gasteiger partial charge in [-0.05, 0) is 26.2 Å². The van der Waals surface area contributed by atoms with Crippen molar-refractivity contribution in [2.75, 3.05) is 13.6 Å². The summed E-state index contributed by atoms with van der Waals surface area (Å²) in [5.74, 6) is -0.235. The van der Waals surface area contributed by atoms with Crippen LogP contribution in [0.1, 0.15) is 32.6 Å². The normalized spacial score (nSPS) is 25.7. The lowest BCUT2D eigenvalue weighted by molar-refractivity contribution is -0.145. The van der Waals surface area contributed by atoms with Gasteiger partial charge in [0, 0.05) is 19.6 Å². The zero-order chi connectivity index (χ0) is 13.1. The first-order valence-corrected chi connectivity index (χ1v) is 5.87. The monoisotopic (exact) mass is 252 g/mol. The second-order valence-corrected chi connectivity index (χ2v) is 4.68. The quantitative estimate of drug-likeness (QED) is 0.832. The number of piperidine rings is 1. The van der Waals surface area contributed by atoms with E-state index in [1.807, 2.05) is 6.92 Å². The number of nitrogens with zero attached hydrogens (tertiary/aromatic N) is 1. The van der Waals surface area contributed by atoms with Gasteiger partial charge in [0.25, 0.3) is 0 Å². The molecule has 0 saturated carbocycles. The van der Waals surface area contributed by atoms with E-state index in [1.165, 1.54) is 11.9 Å². The minimum atomic E-state index is -4.21. The van der Waals surface area contributed by atoms with E-state index < -0.39 is 12.6 Å². The topological polar surface area (TPSA) is 32.3 Å². The SMILES string of the molecule is CC1CCCC(C(=O)N(C)CCC(F)(F)F)N1. The number of halogens is 3. The first-order valence-electron chi connectivity index (χ1n) is 5.87. The molecule has 3 nitrogen and oxygen atoms in total. The van der Waals surface area contributed by atoms with Crippen molar-refractivity contribution in [1.82, 2.24) is 10.2 Å². The van der Waals surface area contributed by atoms with Gasteiger partial charge in [-0.3, -0.25) is 4.79 Å². The van der Waals surface area contributed by atoms with Crippen molar-refractivity contribution in [3.63, 3.8) is 0 Å². The Morgan fingerprint density at radius 2 is 2.06 bits per heavy atom. The van der Waals surface area contributed by atoms with Crippen molar-refractivity contribution in [2.45, 2.75) is 50.9 Å². The summed E-state index contributed by atoms with van der Waals surface area (Å²) < 4.78 is 36.1. The first-order chi connectivity index (χ1) is 7.79. The van der Waals surface area contributed by atoms with Crippen LogP contribution < -0.4 is 5.32 Å². The molecule has 1 amide bonds. The molecule has 0 aliphatic carbocycles. The fraction of sp³-hybridized carbons (Fsp3) is 0.909. The Labute approximate surface area is 99.4 Å². The van der Waals surface area contributed by atoms with Crippen molar-refractivity contribution in [3.05, 3.63) is 0 Å². The Morgan fingerprint density at radius 1 is 1.41 bits per heavy atom. The molecule has 1 saturated heterocycles. The van der Waals surface area contributed by atoms with Gasteiger partial charge in [-0.15, -0.1) is 0 Å². The number of hydrogen-bond acceptors (Lipinski definition) is 2. The van der Waals surface area contributed by atoms with Crippen LogP contribution in [0.5, 0.6) is 0 Å². The van der Waals surface area contributed by atoms with E-state index in [9.17, 15) is 18.0 Å². The summed E-state index contributed by atoms with van der Waals surface area (Å²) >= 11 is 0. The number of rotatable bonds is 3. The Bertz CT molecular complexity index is 268. The number of carbonyl (C=O) groups is 1. The molecule has 1 N–H and O–H groups in total. The van der Waals surface area contributed by atoms with Gasteiger partial charge in [-0.1, -0.05) is 0 Å². The third-order valence-electron chi connectivity index (χ3n) is 3.02. The lowest BCUT2D eigenvalue weighted by Gasteiger charge is -2.31. The van der Waals surface area contributed by atoms with E-state index in [0.29, 0.717) is 6.42 Å². The second kappa shape index (κ2) is 5.71. The summed E-state index contributed by atoms with van der Waals surface area (Å²) in [6, 6.07) is -0.0642. The highest BCUT2D eigenvalue weighted by Gasteiger charge is 2.31. The number of nitrogens with one attached hydrogen (secondary N) is 1. The zero-order valence-electron chi connectivity index (χ0n) is 10.2. The van der Waals surface area contributed by atoms with Gasteiger partial charge in [0.1, 0.15) is 0 Å². The van der Waals surface area contributed by atoms with E-state index in [-0.39, 0.29) is 24.5 Å². The van der Waals surface area contributed by atoms with Gasteiger partial charge in [0.05, 0.1) is 12.5 Å². The zero-order valence-corrected chi connectivity index (χ0v) is 10.2. The van der Waals surface area contributed by atoms with Crippen LogP contribution in [0.15, 0.2) is 0 Å². The van der Waals surface area contributed by atoms with Crippen LogP contribution >= 0.6 is 0 Å². The highest BCUT2D eigenvalue weighted by molar-refractivity contribution is 5.81. The molecule has 0 radical (unpaired) electrons. The average Bonchev–Trinajstić information content (AvgIpc) is 2.24. The molecule has 1 heterocycles. The summed E-state index contributed by atoms with van der Waals surface area (Å²) in [5.41, 5.74) is 0. The molecule has 100 valence electrons. The molecule has 1 aliphatic heterocycles. The van der Waals surface area contributed by atoms with Crippen LogP contribution in [-0.4, -0.2) is 42.7 Å². The molecular formula is C11H19F3N2O. The summed E-state index contributed by atoms with van der Waals surface area (Å²) in [6.45, 7) is 1.71. The molecule has 6 heteroatoms. The van der Waals surface area contributed by atoms with Crippen molar-refractivity contribution in [1.29, 1.82) is 0 Å². The molecule has 1 rings (SSSR count). The predicted molar refractivity (Wildman–Crippen MR) is 58.5 cm³/mol. The number of amides is 1. The van der Waals surface area contributed by atoms with Gasteiger partial charge in [-0.25, -0.2) is 0 Å².